The van der Waals surface area contributed by atoms with E-state index in [-0.39, 0.29) is 5.84 Å². The van der Waals surface area contributed by atoms with E-state index in [0.717, 1.165) is 31.7 Å². The first-order valence-electron chi connectivity index (χ1n) is 6.58. The van der Waals surface area contributed by atoms with Gasteiger partial charge in [-0.1, -0.05) is 29.4 Å². The Labute approximate surface area is 113 Å². The van der Waals surface area contributed by atoms with Gasteiger partial charge in [-0.2, -0.15) is 0 Å². The van der Waals surface area contributed by atoms with Crippen molar-refractivity contribution in [2.75, 3.05) is 13.2 Å². The highest BCUT2D eigenvalue weighted by Gasteiger charge is 2.21. The van der Waals surface area contributed by atoms with Crippen LogP contribution in [0.15, 0.2) is 29.4 Å². The molecule has 0 saturated carbocycles. The Morgan fingerprint density at radius 2 is 2.26 bits per heavy atom. The van der Waals surface area contributed by atoms with Crippen LogP contribution in [0.5, 0.6) is 0 Å². The Balaban J connectivity index is 1.85. The lowest BCUT2D eigenvalue weighted by atomic mass is 10.0. The largest absolute Gasteiger partial charge is 0.409 e. The maximum absolute atomic E-state index is 8.59. The first-order chi connectivity index (χ1) is 9.20. The highest BCUT2D eigenvalue weighted by molar-refractivity contribution is 5.96. The maximum Gasteiger partial charge on any atom is 0.170 e. The summed E-state index contributed by atoms with van der Waals surface area (Å²) in [6.07, 6.45) is 1.14. The minimum absolute atomic E-state index is 0.135. The van der Waals surface area contributed by atoms with Crippen LogP contribution in [-0.2, 0) is 11.3 Å². The first kappa shape index (κ1) is 13.8. The molecule has 2 atom stereocenters. The van der Waals surface area contributed by atoms with E-state index in [4.69, 9.17) is 15.7 Å². The van der Waals surface area contributed by atoms with E-state index in [1.807, 2.05) is 24.3 Å². The average Bonchev–Trinajstić information content (AvgIpc) is 2.98. The van der Waals surface area contributed by atoms with E-state index in [1.165, 1.54) is 5.56 Å². The number of nitrogens with two attached hydrogens (primary N) is 1. The summed E-state index contributed by atoms with van der Waals surface area (Å²) in [7, 11) is 0. The molecular weight excluding hydrogens is 242 g/mol. The second kappa shape index (κ2) is 6.54. The summed E-state index contributed by atoms with van der Waals surface area (Å²) in [5.74, 6) is 0.743. The van der Waals surface area contributed by atoms with Crippen molar-refractivity contribution in [2.45, 2.75) is 25.9 Å². The van der Waals surface area contributed by atoms with Crippen LogP contribution in [0.4, 0.5) is 0 Å². The predicted octanol–water partition coefficient (Wildman–Crippen LogP) is 1.30. The van der Waals surface area contributed by atoms with Crippen LogP contribution in [0.2, 0.25) is 0 Å². The molecule has 0 aromatic heterocycles. The zero-order valence-corrected chi connectivity index (χ0v) is 11.2. The fourth-order valence-corrected chi connectivity index (χ4v) is 2.24. The van der Waals surface area contributed by atoms with Crippen LogP contribution in [0.3, 0.4) is 0 Å². The fourth-order valence-electron chi connectivity index (χ4n) is 2.24. The molecule has 1 fully saturated rings. The van der Waals surface area contributed by atoms with E-state index < -0.39 is 0 Å². The van der Waals surface area contributed by atoms with Gasteiger partial charge in [-0.3, -0.25) is 0 Å². The number of nitrogens with zero attached hydrogens (tertiary/aromatic N) is 1. The van der Waals surface area contributed by atoms with Gasteiger partial charge >= 0.3 is 0 Å². The lowest BCUT2D eigenvalue weighted by Crippen LogP contribution is -2.33. The zero-order valence-electron chi connectivity index (χ0n) is 11.2. The topological polar surface area (TPSA) is 79.9 Å². The van der Waals surface area contributed by atoms with Crippen molar-refractivity contribution in [1.29, 1.82) is 0 Å². The Hall–Kier alpha value is -1.59. The Kier molecular flexibility index (Phi) is 4.76. The molecular formula is C14H21N3O2. The highest BCUT2D eigenvalue weighted by atomic mass is 16.5. The summed E-state index contributed by atoms with van der Waals surface area (Å²) in [5.41, 5.74) is 7.43. The highest BCUT2D eigenvalue weighted by Crippen LogP contribution is 2.16. The molecule has 1 aromatic carbocycles. The number of benzene rings is 1. The summed E-state index contributed by atoms with van der Waals surface area (Å²) < 4.78 is 5.39. The molecule has 0 radical (unpaired) electrons. The van der Waals surface area contributed by atoms with Gasteiger partial charge < -0.3 is 21.0 Å². The number of rotatable bonds is 5. The molecule has 1 aliphatic rings. The van der Waals surface area contributed by atoms with Crippen LogP contribution in [0.25, 0.3) is 0 Å². The summed E-state index contributed by atoms with van der Waals surface area (Å²) in [4.78, 5) is 0. The minimum Gasteiger partial charge on any atom is -0.409 e. The first-order valence-corrected chi connectivity index (χ1v) is 6.58. The Bertz CT molecular complexity index is 425. The lowest BCUT2D eigenvalue weighted by Gasteiger charge is -2.19. The van der Waals surface area contributed by atoms with Gasteiger partial charge in [-0.15, -0.1) is 0 Å². The molecule has 1 aliphatic heterocycles. The van der Waals surface area contributed by atoms with Crippen molar-refractivity contribution < 1.29 is 9.94 Å². The Morgan fingerprint density at radius 3 is 2.84 bits per heavy atom. The third-order valence-electron chi connectivity index (χ3n) is 3.66. The second-order valence-corrected chi connectivity index (χ2v) is 4.98. The molecule has 0 spiro atoms. The lowest BCUT2D eigenvalue weighted by molar-refractivity contribution is 0.178. The average molecular weight is 263 g/mol. The van der Waals surface area contributed by atoms with Crippen LogP contribution >= 0.6 is 0 Å². The van der Waals surface area contributed by atoms with Gasteiger partial charge in [0.15, 0.2) is 5.84 Å². The predicted molar refractivity (Wildman–Crippen MR) is 74.2 cm³/mol. The number of oxime groups is 1. The van der Waals surface area contributed by atoms with Gasteiger partial charge in [-0.25, -0.2) is 0 Å². The molecule has 1 heterocycles. The molecule has 0 amide bonds. The molecule has 0 aliphatic carbocycles. The van der Waals surface area contributed by atoms with Gasteiger partial charge in [0, 0.05) is 24.8 Å². The number of ether oxygens (including phenoxy) is 1. The Morgan fingerprint density at radius 1 is 1.53 bits per heavy atom. The van der Waals surface area contributed by atoms with Crippen molar-refractivity contribution >= 4 is 5.84 Å². The van der Waals surface area contributed by atoms with E-state index in [1.54, 1.807) is 0 Å². The molecule has 4 N–H and O–H groups in total. The molecule has 1 aromatic rings. The van der Waals surface area contributed by atoms with Crippen molar-refractivity contribution in [3.8, 4) is 0 Å². The molecule has 5 heteroatoms. The molecule has 5 nitrogen and oxygen atoms in total. The van der Waals surface area contributed by atoms with E-state index >= 15 is 0 Å². The van der Waals surface area contributed by atoms with E-state index in [0.29, 0.717) is 12.0 Å². The van der Waals surface area contributed by atoms with Crippen LogP contribution in [-0.4, -0.2) is 30.3 Å². The number of nitrogens with one attached hydrogen (secondary N) is 1. The van der Waals surface area contributed by atoms with Gasteiger partial charge in [0.2, 0.25) is 0 Å². The van der Waals surface area contributed by atoms with Gasteiger partial charge in [0.05, 0.1) is 6.61 Å². The van der Waals surface area contributed by atoms with Crippen LogP contribution in [0.1, 0.15) is 24.5 Å². The SMILES string of the molecule is CC(NCc1ccc(/C(N)=N/O)cc1)C1CCOC1. The molecule has 0 bridgehead atoms. The number of hydrogen-bond donors (Lipinski definition) is 3. The van der Waals surface area contributed by atoms with Crippen molar-refractivity contribution in [3.05, 3.63) is 35.4 Å². The van der Waals surface area contributed by atoms with Crippen molar-refractivity contribution in [1.82, 2.24) is 5.32 Å². The van der Waals surface area contributed by atoms with Crippen LogP contribution in [0, 0.1) is 5.92 Å². The third-order valence-corrected chi connectivity index (χ3v) is 3.66. The minimum atomic E-state index is 0.135. The van der Waals surface area contributed by atoms with Gasteiger partial charge in [-0.05, 0) is 24.8 Å². The second-order valence-electron chi connectivity index (χ2n) is 4.98. The molecule has 104 valence electrons. The number of amidine groups is 1. The van der Waals surface area contributed by atoms with Crippen molar-refractivity contribution in [3.63, 3.8) is 0 Å². The molecule has 2 rings (SSSR count). The molecule has 1 saturated heterocycles. The monoisotopic (exact) mass is 263 g/mol. The van der Waals surface area contributed by atoms with Gasteiger partial charge in [0.1, 0.15) is 0 Å². The molecule has 2 unspecified atom stereocenters. The summed E-state index contributed by atoms with van der Waals surface area (Å²) in [6.45, 7) is 4.75. The third kappa shape index (κ3) is 3.68. The maximum atomic E-state index is 8.59. The van der Waals surface area contributed by atoms with Crippen LogP contribution < -0.4 is 11.1 Å². The summed E-state index contributed by atoms with van der Waals surface area (Å²) in [5, 5.41) is 15.1. The fraction of sp³-hybridized carbons (Fsp3) is 0.500. The molecule has 19 heavy (non-hydrogen) atoms. The quantitative estimate of drug-likeness (QED) is 0.324. The van der Waals surface area contributed by atoms with E-state index in [9.17, 15) is 0 Å². The zero-order chi connectivity index (χ0) is 13.7. The smallest absolute Gasteiger partial charge is 0.170 e. The van der Waals surface area contributed by atoms with Crippen molar-refractivity contribution in [2.24, 2.45) is 16.8 Å². The summed E-state index contributed by atoms with van der Waals surface area (Å²) in [6, 6.07) is 8.13. The number of hydrogen-bond acceptors (Lipinski definition) is 4. The standard InChI is InChI=1S/C14H21N3O2/c1-10(13-6-7-19-9-13)16-8-11-2-4-12(5-3-11)14(15)17-18/h2-5,10,13,16,18H,6-9H2,1H3,(H2,15,17). The van der Waals surface area contributed by atoms with Gasteiger partial charge in [0.25, 0.3) is 0 Å². The normalized spacial score (nSPS) is 21.5. The van der Waals surface area contributed by atoms with E-state index in [2.05, 4.69) is 17.4 Å². The summed E-state index contributed by atoms with van der Waals surface area (Å²) >= 11 is 0.